The molecule has 0 spiro atoms. The fraction of sp³-hybridized carbons (Fsp3) is 0.286. The Balaban J connectivity index is 2.08. The number of hydrogen-bond acceptors (Lipinski definition) is 6. The zero-order valence-corrected chi connectivity index (χ0v) is 24.1. The fourth-order valence-corrected chi connectivity index (χ4v) is 5.51. The van der Waals surface area contributed by atoms with Crippen LogP contribution in [0.3, 0.4) is 0 Å². The van der Waals surface area contributed by atoms with E-state index < -0.39 is 40.2 Å². The normalized spacial score (nSPS) is 11.8. The van der Waals surface area contributed by atoms with E-state index >= 15 is 0 Å². The minimum atomic E-state index is -4.36. The predicted molar refractivity (Wildman–Crippen MR) is 151 cm³/mol. The van der Waals surface area contributed by atoms with Gasteiger partial charge in [-0.2, -0.15) is 0 Å². The number of nitrogens with one attached hydrogen (secondary N) is 1. The molecule has 2 amide bonds. The van der Waals surface area contributed by atoms with Gasteiger partial charge in [0.1, 0.15) is 18.4 Å². The molecule has 40 heavy (non-hydrogen) atoms. The lowest BCUT2D eigenvalue weighted by Crippen LogP contribution is -2.51. The number of carbonyl (C=O) groups is 2. The maximum Gasteiger partial charge on any atom is 0.264 e. The monoisotopic (exact) mass is 591 g/mol. The highest BCUT2D eigenvalue weighted by Crippen LogP contribution is 2.32. The first-order valence-corrected chi connectivity index (χ1v) is 14.2. The summed E-state index contributed by atoms with van der Waals surface area (Å²) < 4.78 is 53.8. The predicted octanol–water partition coefficient (Wildman–Crippen LogP) is 4.25. The van der Waals surface area contributed by atoms with Crippen molar-refractivity contribution in [3.05, 3.63) is 83.1 Å². The Morgan fingerprint density at radius 3 is 2.25 bits per heavy atom. The van der Waals surface area contributed by atoms with Crippen LogP contribution < -0.4 is 19.1 Å². The van der Waals surface area contributed by atoms with Gasteiger partial charge in [-0.25, -0.2) is 12.8 Å². The number of benzene rings is 3. The second kappa shape index (κ2) is 13.5. The van der Waals surface area contributed by atoms with E-state index in [2.05, 4.69) is 5.32 Å². The summed E-state index contributed by atoms with van der Waals surface area (Å²) in [6, 6.07) is 14.8. The van der Waals surface area contributed by atoms with E-state index in [4.69, 9.17) is 21.1 Å². The van der Waals surface area contributed by atoms with E-state index in [9.17, 15) is 22.4 Å². The first kappa shape index (κ1) is 30.7. The Morgan fingerprint density at radius 1 is 1.00 bits per heavy atom. The minimum absolute atomic E-state index is 0.157. The third-order valence-corrected chi connectivity index (χ3v) is 8.18. The highest BCUT2D eigenvalue weighted by atomic mass is 35.5. The molecule has 0 saturated carbocycles. The van der Waals surface area contributed by atoms with Crippen molar-refractivity contribution >= 4 is 39.1 Å². The molecule has 0 bridgehead atoms. The number of likely N-dealkylation sites (N-methyl/N-ethyl adjacent to an activating group) is 1. The molecular weight excluding hydrogens is 561 g/mol. The van der Waals surface area contributed by atoms with Crippen LogP contribution in [0.2, 0.25) is 5.02 Å². The Labute approximate surface area is 238 Å². The molecule has 3 rings (SSSR count). The molecule has 0 aromatic heterocycles. The van der Waals surface area contributed by atoms with Crippen molar-refractivity contribution in [2.75, 3.05) is 31.6 Å². The quantitative estimate of drug-likeness (QED) is 0.338. The van der Waals surface area contributed by atoms with Crippen LogP contribution in [-0.2, 0) is 26.2 Å². The Kier molecular flexibility index (Phi) is 10.4. The van der Waals surface area contributed by atoms with Crippen molar-refractivity contribution in [1.82, 2.24) is 10.2 Å². The van der Waals surface area contributed by atoms with E-state index in [1.54, 1.807) is 13.0 Å². The zero-order chi connectivity index (χ0) is 29.4. The molecule has 0 aliphatic carbocycles. The number of methoxy groups -OCH3 is 2. The van der Waals surface area contributed by atoms with Crippen molar-refractivity contribution in [2.24, 2.45) is 0 Å². The van der Waals surface area contributed by atoms with Gasteiger partial charge < -0.3 is 19.7 Å². The van der Waals surface area contributed by atoms with Gasteiger partial charge in [-0.3, -0.25) is 13.9 Å². The topological polar surface area (TPSA) is 105 Å². The maximum absolute atomic E-state index is 14.6. The summed E-state index contributed by atoms with van der Waals surface area (Å²) >= 11 is 6.03. The molecule has 0 saturated heterocycles. The van der Waals surface area contributed by atoms with Crippen LogP contribution >= 0.6 is 11.6 Å². The molecular formula is C28H31ClFN3O6S. The smallest absolute Gasteiger partial charge is 0.264 e. The standard InChI is InChI=1S/C28H31ClFN3O6S/c1-5-31-28(35)19(2)32(17-20-8-6-7-9-24(20)30)27(34)18-33(22-12-10-21(29)11-13-22)40(36,37)23-14-15-25(38-3)26(16-23)39-4/h6-16,19H,5,17-18H2,1-4H3,(H,31,35)/t19-/m1/s1. The molecule has 0 unspecified atom stereocenters. The van der Waals surface area contributed by atoms with Crippen molar-refractivity contribution in [2.45, 2.75) is 31.3 Å². The Morgan fingerprint density at radius 2 is 1.65 bits per heavy atom. The number of hydrogen-bond donors (Lipinski definition) is 1. The Bertz CT molecular complexity index is 1450. The second-order valence-electron chi connectivity index (χ2n) is 8.69. The summed E-state index contributed by atoms with van der Waals surface area (Å²) in [5, 5.41) is 3.02. The van der Waals surface area contributed by atoms with Gasteiger partial charge in [0, 0.05) is 29.7 Å². The average Bonchev–Trinajstić information content (AvgIpc) is 2.95. The molecule has 9 nitrogen and oxygen atoms in total. The van der Waals surface area contributed by atoms with Gasteiger partial charge in [0.05, 0.1) is 24.8 Å². The number of rotatable bonds is 12. The molecule has 3 aromatic rings. The molecule has 214 valence electrons. The summed E-state index contributed by atoms with van der Waals surface area (Å²) in [6.45, 7) is 2.60. The Hall–Kier alpha value is -3.83. The number of nitrogens with zero attached hydrogens (tertiary/aromatic N) is 2. The first-order chi connectivity index (χ1) is 19.0. The van der Waals surface area contributed by atoms with E-state index in [-0.39, 0.29) is 28.4 Å². The molecule has 3 aromatic carbocycles. The van der Waals surface area contributed by atoms with Gasteiger partial charge >= 0.3 is 0 Å². The molecule has 1 atom stereocenters. The van der Waals surface area contributed by atoms with Crippen molar-refractivity contribution in [3.63, 3.8) is 0 Å². The first-order valence-electron chi connectivity index (χ1n) is 12.3. The molecule has 1 N–H and O–H groups in total. The van der Waals surface area contributed by atoms with Crippen molar-refractivity contribution < 1.29 is 31.9 Å². The van der Waals surface area contributed by atoms with Crippen LogP contribution in [0.15, 0.2) is 71.6 Å². The van der Waals surface area contributed by atoms with Gasteiger partial charge in [0.2, 0.25) is 11.8 Å². The van der Waals surface area contributed by atoms with Gasteiger partial charge in [0.25, 0.3) is 10.0 Å². The number of halogens is 2. The van der Waals surface area contributed by atoms with Crippen LogP contribution in [0.5, 0.6) is 11.5 Å². The van der Waals surface area contributed by atoms with Crippen LogP contribution in [0.25, 0.3) is 0 Å². The summed E-state index contributed by atoms with van der Waals surface area (Å²) in [4.78, 5) is 27.5. The number of carbonyl (C=O) groups excluding carboxylic acids is 2. The van der Waals surface area contributed by atoms with E-state index in [0.29, 0.717) is 17.3 Å². The molecule has 12 heteroatoms. The number of anilines is 1. The number of amides is 2. The summed E-state index contributed by atoms with van der Waals surface area (Å²) in [7, 11) is -1.56. The maximum atomic E-state index is 14.6. The number of ether oxygens (including phenoxy) is 2. The molecule has 0 heterocycles. The van der Waals surface area contributed by atoms with Gasteiger partial charge in [-0.05, 0) is 56.3 Å². The van der Waals surface area contributed by atoms with Gasteiger partial charge in [-0.15, -0.1) is 0 Å². The lowest BCUT2D eigenvalue weighted by atomic mass is 10.1. The summed E-state index contributed by atoms with van der Waals surface area (Å²) in [5.41, 5.74) is 0.330. The van der Waals surface area contributed by atoms with Crippen molar-refractivity contribution in [3.8, 4) is 11.5 Å². The van der Waals surface area contributed by atoms with Gasteiger partial charge in [-0.1, -0.05) is 29.8 Å². The fourth-order valence-electron chi connectivity index (χ4n) is 3.96. The van der Waals surface area contributed by atoms with Crippen LogP contribution in [0.4, 0.5) is 10.1 Å². The van der Waals surface area contributed by atoms with Crippen LogP contribution in [0.1, 0.15) is 19.4 Å². The largest absolute Gasteiger partial charge is 0.493 e. The third-order valence-electron chi connectivity index (χ3n) is 6.15. The van der Waals surface area contributed by atoms with Crippen molar-refractivity contribution in [1.29, 1.82) is 0 Å². The lowest BCUT2D eigenvalue weighted by molar-refractivity contribution is -0.139. The SMILES string of the molecule is CCNC(=O)[C@@H](C)N(Cc1ccccc1F)C(=O)CN(c1ccc(Cl)cc1)S(=O)(=O)c1ccc(OC)c(OC)c1. The lowest BCUT2D eigenvalue weighted by Gasteiger charge is -2.32. The minimum Gasteiger partial charge on any atom is -0.493 e. The average molecular weight is 592 g/mol. The molecule has 0 radical (unpaired) electrons. The highest BCUT2D eigenvalue weighted by molar-refractivity contribution is 7.92. The van der Waals surface area contributed by atoms with Crippen LogP contribution in [0, 0.1) is 5.82 Å². The molecule has 0 aliphatic rings. The molecule has 0 fully saturated rings. The van der Waals surface area contributed by atoms with Gasteiger partial charge in [0.15, 0.2) is 11.5 Å². The second-order valence-corrected chi connectivity index (χ2v) is 11.0. The van der Waals surface area contributed by atoms with E-state index in [1.165, 1.54) is 81.8 Å². The highest BCUT2D eigenvalue weighted by Gasteiger charge is 2.33. The van der Waals surface area contributed by atoms with E-state index in [1.807, 2.05) is 0 Å². The van der Waals surface area contributed by atoms with Crippen LogP contribution in [-0.4, -0.2) is 58.5 Å². The summed E-state index contributed by atoms with van der Waals surface area (Å²) in [6.07, 6.45) is 0. The van der Waals surface area contributed by atoms with E-state index in [0.717, 1.165) is 9.21 Å². The molecule has 0 aliphatic heterocycles. The summed E-state index contributed by atoms with van der Waals surface area (Å²) in [5.74, 6) is -1.25. The zero-order valence-electron chi connectivity index (χ0n) is 22.6. The third kappa shape index (κ3) is 7.02. The number of sulfonamides is 1.